The molecule has 1 aliphatic rings. The minimum Gasteiger partial charge on any atom is -0.338 e. The number of piperidine rings is 1. The number of hydrogen-bond acceptors (Lipinski definition) is 3. The van der Waals surface area contributed by atoms with Crippen molar-refractivity contribution >= 4 is 23.8 Å². The molecule has 0 aromatic carbocycles. The molecule has 20 heavy (non-hydrogen) atoms. The molecule has 0 saturated carbocycles. The van der Waals surface area contributed by atoms with Crippen LogP contribution in [-0.2, 0) is 0 Å². The maximum Gasteiger partial charge on any atom is 0.257 e. The monoisotopic (exact) mass is 294 g/mol. The summed E-state index contributed by atoms with van der Waals surface area (Å²) in [6.07, 6.45) is 5.66. The number of aromatic nitrogens is 2. The maximum absolute atomic E-state index is 12.6. The zero-order valence-corrected chi connectivity index (χ0v) is 12.1. The van der Waals surface area contributed by atoms with Gasteiger partial charge in [0.25, 0.3) is 5.91 Å². The minimum atomic E-state index is 0. The van der Waals surface area contributed by atoms with Crippen LogP contribution in [0, 0.1) is 5.92 Å². The molecule has 0 bridgehead atoms. The lowest BCUT2D eigenvalue weighted by Gasteiger charge is -2.31. The number of rotatable bonds is 2. The van der Waals surface area contributed by atoms with Gasteiger partial charge in [0.15, 0.2) is 0 Å². The Morgan fingerprint density at radius 1 is 1.45 bits per heavy atom. The Morgan fingerprint density at radius 3 is 3.10 bits per heavy atom. The molecule has 0 spiro atoms. The summed E-state index contributed by atoms with van der Waals surface area (Å²) >= 11 is 0. The van der Waals surface area contributed by atoms with E-state index in [-0.39, 0.29) is 18.3 Å². The van der Waals surface area contributed by atoms with Gasteiger partial charge in [-0.25, -0.2) is 4.52 Å². The van der Waals surface area contributed by atoms with Crippen molar-refractivity contribution in [3.8, 4) is 0 Å². The van der Waals surface area contributed by atoms with E-state index >= 15 is 0 Å². The number of likely N-dealkylation sites (tertiary alicyclic amines) is 1. The van der Waals surface area contributed by atoms with Crippen LogP contribution in [0.3, 0.4) is 0 Å². The van der Waals surface area contributed by atoms with Crippen molar-refractivity contribution in [3.63, 3.8) is 0 Å². The Balaban J connectivity index is 0.00000147. The zero-order valence-electron chi connectivity index (χ0n) is 11.2. The van der Waals surface area contributed by atoms with Gasteiger partial charge in [0.1, 0.15) is 0 Å². The Kier molecular flexibility index (Phi) is 4.62. The molecule has 3 heterocycles. The number of pyridine rings is 1. The summed E-state index contributed by atoms with van der Waals surface area (Å²) < 4.78 is 1.73. The lowest BCUT2D eigenvalue weighted by molar-refractivity contribution is 0.0680. The second-order valence-corrected chi connectivity index (χ2v) is 5.08. The van der Waals surface area contributed by atoms with Crippen LogP contribution in [0.1, 0.15) is 23.2 Å². The first kappa shape index (κ1) is 14.8. The molecule has 1 saturated heterocycles. The van der Waals surface area contributed by atoms with Crippen LogP contribution >= 0.6 is 12.4 Å². The van der Waals surface area contributed by atoms with Crippen molar-refractivity contribution in [2.24, 2.45) is 11.7 Å². The molecule has 2 aromatic rings. The second-order valence-electron chi connectivity index (χ2n) is 5.08. The van der Waals surface area contributed by atoms with Crippen LogP contribution in [-0.4, -0.2) is 40.1 Å². The van der Waals surface area contributed by atoms with E-state index in [1.165, 1.54) is 0 Å². The molecule has 0 aliphatic carbocycles. The number of amides is 1. The summed E-state index contributed by atoms with van der Waals surface area (Å²) in [5.41, 5.74) is 7.26. The molecular weight excluding hydrogens is 276 g/mol. The smallest absolute Gasteiger partial charge is 0.257 e. The van der Waals surface area contributed by atoms with Crippen molar-refractivity contribution in [2.75, 3.05) is 19.6 Å². The average Bonchev–Trinajstić information content (AvgIpc) is 2.90. The van der Waals surface area contributed by atoms with Crippen LogP contribution in [0.4, 0.5) is 0 Å². The molecule has 1 amide bonds. The highest BCUT2D eigenvalue weighted by Crippen LogP contribution is 2.19. The first-order chi connectivity index (χ1) is 9.29. The SMILES string of the molecule is Cl.NCC1CCCN(C(=O)c2cnn3ccccc23)C1. The Hall–Kier alpha value is -1.59. The molecule has 6 heteroatoms. The highest BCUT2D eigenvalue weighted by atomic mass is 35.5. The van der Waals surface area contributed by atoms with E-state index in [1.807, 2.05) is 29.3 Å². The topological polar surface area (TPSA) is 63.6 Å². The fourth-order valence-corrected chi connectivity index (χ4v) is 2.71. The molecule has 0 radical (unpaired) electrons. The zero-order chi connectivity index (χ0) is 13.2. The molecule has 5 nitrogen and oxygen atoms in total. The first-order valence-corrected chi connectivity index (χ1v) is 6.71. The van der Waals surface area contributed by atoms with E-state index in [1.54, 1.807) is 10.7 Å². The average molecular weight is 295 g/mol. The van der Waals surface area contributed by atoms with Crippen LogP contribution < -0.4 is 5.73 Å². The largest absolute Gasteiger partial charge is 0.338 e. The van der Waals surface area contributed by atoms with Crippen molar-refractivity contribution in [1.29, 1.82) is 0 Å². The highest BCUT2D eigenvalue weighted by molar-refractivity contribution is 6.00. The summed E-state index contributed by atoms with van der Waals surface area (Å²) in [6.45, 7) is 2.23. The molecule has 1 aliphatic heterocycles. The Labute approximate surface area is 124 Å². The van der Waals surface area contributed by atoms with Crippen LogP contribution in [0.2, 0.25) is 0 Å². The van der Waals surface area contributed by atoms with E-state index in [0.29, 0.717) is 18.0 Å². The van der Waals surface area contributed by atoms with Gasteiger partial charge in [-0.05, 0) is 37.4 Å². The van der Waals surface area contributed by atoms with E-state index < -0.39 is 0 Å². The minimum absolute atomic E-state index is 0. The first-order valence-electron chi connectivity index (χ1n) is 6.71. The second kappa shape index (κ2) is 6.24. The number of nitrogens with zero attached hydrogens (tertiary/aromatic N) is 3. The van der Waals surface area contributed by atoms with Gasteiger partial charge in [0, 0.05) is 19.3 Å². The number of carbonyl (C=O) groups is 1. The molecule has 2 aromatic heterocycles. The van der Waals surface area contributed by atoms with E-state index in [4.69, 9.17) is 5.73 Å². The van der Waals surface area contributed by atoms with Gasteiger partial charge in [0.05, 0.1) is 17.3 Å². The molecular formula is C14H19ClN4O. The lowest BCUT2D eigenvalue weighted by Crippen LogP contribution is -2.42. The summed E-state index contributed by atoms with van der Waals surface area (Å²) in [7, 11) is 0. The van der Waals surface area contributed by atoms with Crippen LogP contribution in [0.5, 0.6) is 0 Å². The lowest BCUT2D eigenvalue weighted by atomic mass is 9.98. The van der Waals surface area contributed by atoms with Crippen LogP contribution in [0.15, 0.2) is 30.6 Å². The van der Waals surface area contributed by atoms with Crippen LogP contribution in [0.25, 0.3) is 5.52 Å². The molecule has 2 N–H and O–H groups in total. The van der Waals surface area contributed by atoms with Gasteiger partial charge in [-0.1, -0.05) is 6.07 Å². The van der Waals surface area contributed by atoms with Crippen molar-refractivity contribution in [1.82, 2.24) is 14.5 Å². The number of carbonyl (C=O) groups excluding carboxylic acids is 1. The highest BCUT2D eigenvalue weighted by Gasteiger charge is 2.25. The number of hydrogen-bond donors (Lipinski definition) is 1. The van der Waals surface area contributed by atoms with Gasteiger partial charge in [-0.2, -0.15) is 5.10 Å². The maximum atomic E-state index is 12.6. The Morgan fingerprint density at radius 2 is 2.30 bits per heavy atom. The summed E-state index contributed by atoms with van der Waals surface area (Å²) in [5, 5.41) is 4.22. The van der Waals surface area contributed by atoms with Crippen molar-refractivity contribution in [3.05, 3.63) is 36.2 Å². The number of halogens is 1. The predicted octanol–water partition coefficient (Wildman–Crippen LogP) is 1.57. The molecule has 1 atom stereocenters. The van der Waals surface area contributed by atoms with E-state index in [9.17, 15) is 4.79 Å². The van der Waals surface area contributed by atoms with Crippen molar-refractivity contribution in [2.45, 2.75) is 12.8 Å². The summed E-state index contributed by atoms with van der Waals surface area (Å²) in [4.78, 5) is 14.5. The third-order valence-electron chi connectivity index (χ3n) is 3.80. The van der Waals surface area contributed by atoms with Gasteiger partial charge in [-0.3, -0.25) is 4.79 Å². The molecule has 1 unspecified atom stereocenters. The van der Waals surface area contributed by atoms with Gasteiger partial charge in [0.2, 0.25) is 0 Å². The molecule has 1 fully saturated rings. The quantitative estimate of drug-likeness (QED) is 0.914. The number of nitrogens with two attached hydrogens (primary N) is 1. The fraction of sp³-hybridized carbons (Fsp3) is 0.429. The Bertz CT molecular complexity index is 598. The van der Waals surface area contributed by atoms with Gasteiger partial charge in [-0.15, -0.1) is 12.4 Å². The van der Waals surface area contributed by atoms with Crippen molar-refractivity contribution < 1.29 is 4.79 Å². The van der Waals surface area contributed by atoms with Gasteiger partial charge < -0.3 is 10.6 Å². The molecule has 3 rings (SSSR count). The third-order valence-corrected chi connectivity index (χ3v) is 3.80. The molecule has 108 valence electrons. The summed E-state index contributed by atoms with van der Waals surface area (Å²) in [5.74, 6) is 0.499. The third kappa shape index (κ3) is 2.64. The summed E-state index contributed by atoms with van der Waals surface area (Å²) in [6, 6.07) is 5.75. The predicted molar refractivity (Wildman–Crippen MR) is 80.1 cm³/mol. The number of fused-ring (bicyclic) bond motifs is 1. The van der Waals surface area contributed by atoms with Gasteiger partial charge >= 0.3 is 0 Å². The fourth-order valence-electron chi connectivity index (χ4n) is 2.71. The van der Waals surface area contributed by atoms with E-state index in [0.717, 1.165) is 31.4 Å². The standard InChI is InChI=1S/C14H18N4O.ClH/c15-8-11-4-3-6-17(10-11)14(19)12-9-16-18-7-2-1-5-13(12)18;/h1-2,5,7,9,11H,3-4,6,8,10,15H2;1H. The normalized spacial score (nSPS) is 18.9. The van der Waals surface area contributed by atoms with E-state index in [2.05, 4.69) is 5.10 Å².